The summed E-state index contributed by atoms with van der Waals surface area (Å²) in [5.41, 5.74) is 0.479. The predicted molar refractivity (Wildman–Crippen MR) is 73.8 cm³/mol. The minimum Gasteiger partial charge on any atom is -0.480 e. The van der Waals surface area contributed by atoms with Crippen LogP contribution in [0.5, 0.6) is 5.75 Å². The summed E-state index contributed by atoms with van der Waals surface area (Å²) >= 11 is 0. The maximum absolute atomic E-state index is 11.8. The summed E-state index contributed by atoms with van der Waals surface area (Å²) in [7, 11) is 0. The molecule has 0 aliphatic heterocycles. The Labute approximate surface area is 117 Å². The monoisotopic (exact) mass is 278 g/mol. The van der Waals surface area contributed by atoms with Crippen LogP contribution in [0.4, 0.5) is 5.69 Å². The Morgan fingerprint density at radius 1 is 1.30 bits per heavy atom. The zero-order valence-electron chi connectivity index (χ0n) is 11.1. The van der Waals surface area contributed by atoms with Gasteiger partial charge in [-0.15, -0.1) is 0 Å². The van der Waals surface area contributed by atoms with Gasteiger partial charge in [0.25, 0.3) is 0 Å². The van der Waals surface area contributed by atoms with E-state index in [1.54, 1.807) is 24.3 Å². The third kappa shape index (κ3) is 4.89. The highest BCUT2D eigenvalue weighted by atomic mass is 16.5. The Hall–Kier alpha value is -2.08. The second-order valence-corrected chi connectivity index (χ2v) is 4.80. The summed E-state index contributed by atoms with van der Waals surface area (Å²) in [5.74, 6) is -0.159. The first-order valence-corrected chi connectivity index (χ1v) is 6.59. The van der Waals surface area contributed by atoms with Crippen LogP contribution in [0.15, 0.2) is 24.3 Å². The van der Waals surface area contributed by atoms with E-state index in [0.717, 1.165) is 6.54 Å². The summed E-state index contributed by atoms with van der Waals surface area (Å²) in [6.07, 6.45) is 2.47. The Morgan fingerprint density at radius 2 is 2.05 bits per heavy atom. The van der Waals surface area contributed by atoms with Crippen molar-refractivity contribution < 1.29 is 19.4 Å². The molecule has 0 atom stereocenters. The van der Waals surface area contributed by atoms with Crippen molar-refractivity contribution in [3.05, 3.63) is 24.3 Å². The van der Waals surface area contributed by atoms with Gasteiger partial charge in [0, 0.05) is 0 Å². The van der Waals surface area contributed by atoms with E-state index in [0.29, 0.717) is 17.4 Å². The van der Waals surface area contributed by atoms with Gasteiger partial charge in [-0.25, -0.2) is 4.79 Å². The molecular weight excluding hydrogens is 260 g/mol. The Morgan fingerprint density at radius 3 is 2.75 bits per heavy atom. The lowest BCUT2D eigenvalue weighted by molar-refractivity contribution is -0.139. The number of carbonyl (C=O) groups excluding carboxylic acids is 1. The summed E-state index contributed by atoms with van der Waals surface area (Å²) < 4.78 is 5.12. The second kappa shape index (κ2) is 6.91. The molecule has 0 heterocycles. The quantitative estimate of drug-likeness (QED) is 0.662. The molecule has 2 rings (SSSR count). The minimum absolute atomic E-state index is 0.169. The van der Waals surface area contributed by atoms with E-state index in [4.69, 9.17) is 9.84 Å². The molecule has 6 nitrogen and oxygen atoms in total. The number of para-hydroxylation sites is 2. The van der Waals surface area contributed by atoms with Crippen LogP contribution in [0.2, 0.25) is 0 Å². The van der Waals surface area contributed by atoms with Crippen molar-refractivity contribution in [1.29, 1.82) is 0 Å². The molecule has 3 N–H and O–H groups in total. The highest BCUT2D eigenvalue weighted by Gasteiger charge is 2.20. The third-order valence-electron chi connectivity index (χ3n) is 2.93. The van der Waals surface area contributed by atoms with Gasteiger partial charge in [0.15, 0.2) is 6.61 Å². The van der Waals surface area contributed by atoms with Crippen molar-refractivity contribution in [2.24, 2.45) is 5.92 Å². The number of carboxylic acids is 1. The van der Waals surface area contributed by atoms with Crippen molar-refractivity contribution >= 4 is 17.6 Å². The van der Waals surface area contributed by atoms with E-state index in [1.165, 1.54) is 12.8 Å². The molecule has 0 saturated heterocycles. The Balaban J connectivity index is 1.83. The maximum atomic E-state index is 11.8. The molecule has 1 saturated carbocycles. The molecule has 1 aliphatic rings. The Kier molecular flexibility index (Phi) is 4.95. The van der Waals surface area contributed by atoms with Crippen molar-refractivity contribution in [3.8, 4) is 5.75 Å². The number of anilines is 1. The van der Waals surface area contributed by atoms with Crippen LogP contribution in [0.1, 0.15) is 12.8 Å². The average Bonchev–Trinajstić information content (AvgIpc) is 3.22. The fourth-order valence-corrected chi connectivity index (χ4v) is 1.74. The number of ether oxygens (including phenoxy) is 1. The van der Waals surface area contributed by atoms with Gasteiger partial charge >= 0.3 is 5.97 Å². The largest absolute Gasteiger partial charge is 0.480 e. The van der Waals surface area contributed by atoms with Crippen LogP contribution >= 0.6 is 0 Å². The molecule has 1 aromatic carbocycles. The first kappa shape index (κ1) is 14.3. The van der Waals surface area contributed by atoms with Gasteiger partial charge in [-0.3, -0.25) is 4.79 Å². The lowest BCUT2D eigenvalue weighted by Gasteiger charge is -2.11. The van der Waals surface area contributed by atoms with Gasteiger partial charge in [0.2, 0.25) is 5.91 Å². The molecule has 1 aromatic rings. The number of benzene rings is 1. The fourth-order valence-electron chi connectivity index (χ4n) is 1.74. The number of amides is 1. The first-order chi connectivity index (χ1) is 9.65. The number of carbonyl (C=O) groups is 2. The average molecular weight is 278 g/mol. The van der Waals surface area contributed by atoms with Gasteiger partial charge in [0.1, 0.15) is 5.75 Å². The molecule has 1 aliphatic carbocycles. The van der Waals surface area contributed by atoms with Crippen molar-refractivity contribution in [2.75, 3.05) is 25.0 Å². The van der Waals surface area contributed by atoms with E-state index < -0.39 is 12.6 Å². The van der Waals surface area contributed by atoms with Crippen molar-refractivity contribution in [2.45, 2.75) is 12.8 Å². The standard InChI is InChI=1S/C14H18N2O4/c17-13(8-15-7-10-5-6-10)16-11-3-1-2-4-12(11)20-9-14(18)19/h1-4,10,15H,5-9H2,(H,16,17)(H,18,19). The van der Waals surface area contributed by atoms with E-state index in [1.807, 2.05) is 0 Å². The molecular formula is C14H18N2O4. The van der Waals surface area contributed by atoms with Crippen LogP contribution in [-0.2, 0) is 9.59 Å². The second-order valence-electron chi connectivity index (χ2n) is 4.80. The number of hydrogen-bond acceptors (Lipinski definition) is 4. The van der Waals surface area contributed by atoms with Gasteiger partial charge in [-0.05, 0) is 37.4 Å². The van der Waals surface area contributed by atoms with E-state index >= 15 is 0 Å². The molecule has 0 bridgehead atoms. The highest BCUT2D eigenvalue weighted by molar-refractivity contribution is 5.93. The number of nitrogens with one attached hydrogen (secondary N) is 2. The van der Waals surface area contributed by atoms with Gasteiger partial charge in [-0.2, -0.15) is 0 Å². The number of carboxylic acid groups (broad SMARTS) is 1. The molecule has 1 amide bonds. The van der Waals surface area contributed by atoms with Crippen LogP contribution < -0.4 is 15.4 Å². The van der Waals surface area contributed by atoms with E-state index in [9.17, 15) is 9.59 Å². The summed E-state index contributed by atoms with van der Waals surface area (Å²) in [6.45, 7) is 0.668. The number of aliphatic carboxylic acids is 1. The number of rotatable bonds is 8. The maximum Gasteiger partial charge on any atom is 0.341 e. The van der Waals surface area contributed by atoms with Crippen LogP contribution in [-0.4, -0.2) is 36.7 Å². The topological polar surface area (TPSA) is 87.7 Å². The third-order valence-corrected chi connectivity index (χ3v) is 2.93. The normalized spacial score (nSPS) is 13.8. The number of hydrogen-bond donors (Lipinski definition) is 3. The minimum atomic E-state index is -1.06. The van der Waals surface area contributed by atoms with Crippen LogP contribution in [0.25, 0.3) is 0 Å². The van der Waals surface area contributed by atoms with E-state index in [2.05, 4.69) is 10.6 Å². The molecule has 20 heavy (non-hydrogen) atoms. The zero-order chi connectivity index (χ0) is 14.4. The lowest BCUT2D eigenvalue weighted by Crippen LogP contribution is -2.29. The summed E-state index contributed by atoms with van der Waals surface area (Å²) in [6, 6.07) is 6.77. The SMILES string of the molecule is O=C(O)COc1ccccc1NC(=O)CNCC1CC1. The summed E-state index contributed by atoms with van der Waals surface area (Å²) in [5, 5.41) is 14.4. The predicted octanol–water partition coefficient (Wildman–Crippen LogP) is 1.09. The zero-order valence-corrected chi connectivity index (χ0v) is 11.1. The molecule has 0 radical (unpaired) electrons. The van der Waals surface area contributed by atoms with E-state index in [-0.39, 0.29) is 12.5 Å². The molecule has 0 spiro atoms. The summed E-state index contributed by atoms with van der Waals surface area (Å²) in [4.78, 5) is 22.3. The lowest BCUT2D eigenvalue weighted by atomic mass is 10.3. The fraction of sp³-hybridized carbons (Fsp3) is 0.429. The Bertz CT molecular complexity index is 486. The van der Waals surface area contributed by atoms with Gasteiger partial charge < -0.3 is 20.5 Å². The highest BCUT2D eigenvalue weighted by Crippen LogP contribution is 2.27. The molecule has 108 valence electrons. The van der Waals surface area contributed by atoms with Crippen LogP contribution in [0, 0.1) is 5.92 Å². The van der Waals surface area contributed by atoms with Crippen molar-refractivity contribution in [1.82, 2.24) is 5.32 Å². The van der Waals surface area contributed by atoms with Gasteiger partial charge in [-0.1, -0.05) is 12.1 Å². The molecule has 6 heteroatoms. The van der Waals surface area contributed by atoms with Crippen LogP contribution in [0.3, 0.4) is 0 Å². The smallest absolute Gasteiger partial charge is 0.341 e. The molecule has 0 aromatic heterocycles. The molecule has 0 unspecified atom stereocenters. The molecule has 1 fully saturated rings. The van der Waals surface area contributed by atoms with Crippen molar-refractivity contribution in [3.63, 3.8) is 0 Å². The van der Waals surface area contributed by atoms with Gasteiger partial charge in [0.05, 0.1) is 12.2 Å². The first-order valence-electron chi connectivity index (χ1n) is 6.59.